The minimum atomic E-state index is -3.77. The van der Waals surface area contributed by atoms with Crippen LogP contribution < -0.4 is 10.3 Å². The fraction of sp³-hybridized carbons (Fsp3) is 0.519. The number of benzene rings is 1. The lowest BCUT2D eigenvalue weighted by Crippen LogP contribution is -2.48. The Morgan fingerprint density at radius 1 is 1.05 bits per heavy atom. The van der Waals surface area contributed by atoms with Crippen LogP contribution in [0.25, 0.3) is 22.4 Å². The average Bonchev–Trinajstić information content (AvgIpc) is 3.54. The van der Waals surface area contributed by atoms with E-state index in [1.165, 1.54) is 4.31 Å². The Morgan fingerprint density at radius 3 is 2.49 bits per heavy atom. The molecule has 1 saturated heterocycles. The molecule has 1 aliphatic rings. The van der Waals surface area contributed by atoms with Crippen LogP contribution in [0.4, 0.5) is 0 Å². The standard InChI is InChI=1S/C27H36N8O5S/c1-5-8-21-24-25(31-35(21)17-23-28-18(4)40-32-23)27(36)30-26(29-24)20-16-19(9-10-22(20)39-15-6-2)41(37,38)34-13-11-33(7-3)12-14-34/h9-10,16H,5-8,11-15,17H2,1-4H3,(H,29,30,36). The Hall–Kier alpha value is -3.62. The highest BCUT2D eigenvalue weighted by Crippen LogP contribution is 2.32. The first-order chi connectivity index (χ1) is 19.7. The minimum absolute atomic E-state index is 0.126. The maximum Gasteiger partial charge on any atom is 0.279 e. The highest BCUT2D eigenvalue weighted by Gasteiger charge is 2.29. The lowest BCUT2D eigenvalue weighted by Gasteiger charge is -2.33. The van der Waals surface area contributed by atoms with Crippen molar-refractivity contribution in [3.63, 3.8) is 0 Å². The van der Waals surface area contributed by atoms with Gasteiger partial charge in [0.25, 0.3) is 5.56 Å². The van der Waals surface area contributed by atoms with Crippen LogP contribution in [-0.2, 0) is 23.0 Å². The molecule has 1 aromatic carbocycles. The molecule has 14 heteroatoms. The average molecular weight is 585 g/mol. The van der Waals surface area contributed by atoms with E-state index in [-0.39, 0.29) is 22.8 Å². The molecule has 0 unspecified atom stereocenters. The topological polar surface area (TPSA) is 152 Å². The maximum absolute atomic E-state index is 13.6. The monoisotopic (exact) mass is 584 g/mol. The van der Waals surface area contributed by atoms with E-state index in [2.05, 4.69) is 32.0 Å². The van der Waals surface area contributed by atoms with E-state index >= 15 is 0 Å². The van der Waals surface area contributed by atoms with Gasteiger partial charge in [0.2, 0.25) is 15.9 Å². The summed E-state index contributed by atoms with van der Waals surface area (Å²) in [6.07, 6.45) is 2.16. The van der Waals surface area contributed by atoms with Gasteiger partial charge in [0.15, 0.2) is 11.3 Å². The van der Waals surface area contributed by atoms with Crippen LogP contribution in [0.3, 0.4) is 0 Å². The van der Waals surface area contributed by atoms with Crippen LogP contribution in [0.2, 0.25) is 0 Å². The highest BCUT2D eigenvalue weighted by atomic mass is 32.2. The molecule has 1 aliphatic heterocycles. The fourth-order valence-electron chi connectivity index (χ4n) is 4.97. The molecule has 0 atom stereocenters. The number of fused-ring (bicyclic) bond motifs is 1. The summed E-state index contributed by atoms with van der Waals surface area (Å²) in [4.78, 5) is 27.6. The van der Waals surface area contributed by atoms with Crippen LogP contribution in [0.15, 0.2) is 32.4 Å². The first-order valence-corrected chi connectivity index (χ1v) is 15.5. The van der Waals surface area contributed by atoms with Gasteiger partial charge in [-0.05, 0) is 37.6 Å². The zero-order chi connectivity index (χ0) is 29.1. The fourth-order valence-corrected chi connectivity index (χ4v) is 6.42. The van der Waals surface area contributed by atoms with Gasteiger partial charge in [0, 0.05) is 33.1 Å². The maximum atomic E-state index is 13.6. The molecule has 41 heavy (non-hydrogen) atoms. The molecule has 3 aromatic heterocycles. The van der Waals surface area contributed by atoms with Crippen molar-refractivity contribution in [1.29, 1.82) is 0 Å². The Morgan fingerprint density at radius 2 is 1.83 bits per heavy atom. The SMILES string of the molecule is CCCOc1ccc(S(=O)(=O)N2CCN(CC)CC2)cc1-c1nc2c(CCC)n(Cc3noc(C)n3)nc2c(=O)[nH]1. The van der Waals surface area contributed by atoms with Gasteiger partial charge in [0.05, 0.1) is 22.8 Å². The molecule has 0 bridgehead atoms. The number of nitrogens with one attached hydrogen (secondary N) is 1. The smallest absolute Gasteiger partial charge is 0.279 e. The molecule has 4 heterocycles. The van der Waals surface area contributed by atoms with Crippen LogP contribution in [0, 0.1) is 6.92 Å². The van der Waals surface area contributed by atoms with E-state index in [1.54, 1.807) is 29.8 Å². The summed E-state index contributed by atoms with van der Waals surface area (Å²) in [6.45, 7) is 11.5. The van der Waals surface area contributed by atoms with Crippen molar-refractivity contribution >= 4 is 21.1 Å². The van der Waals surface area contributed by atoms with Gasteiger partial charge in [-0.2, -0.15) is 14.4 Å². The predicted molar refractivity (Wildman–Crippen MR) is 152 cm³/mol. The largest absolute Gasteiger partial charge is 0.493 e. The molecule has 0 saturated carbocycles. The number of ether oxygens (including phenoxy) is 1. The number of likely N-dealkylation sites (N-methyl/N-ethyl adjacent to an activating group) is 1. The number of rotatable bonds is 11. The lowest BCUT2D eigenvalue weighted by atomic mass is 10.1. The zero-order valence-corrected chi connectivity index (χ0v) is 24.7. The predicted octanol–water partition coefficient (Wildman–Crippen LogP) is 2.59. The Bertz CT molecular complexity index is 1690. The molecule has 4 aromatic rings. The summed E-state index contributed by atoms with van der Waals surface area (Å²) in [5.74, 6) is 1.54. The number of hydrogen-bond acceptors (Lipinski definition) is 10. The Balaban J connectivity index is 1.60. The number of aryl methyl sites for hydroxylation is 2. The lowest BCUT2D eigenvalue weighted by molar-refractivity contribution is 0.196. The summed E-state index contributed by atoms with van der Waals surface area (Å²) in [6, 6.07) is 4.74. The van der Waals surface area contributed by atoms with E-state index in [1.807, 2.05) is 13.8 Å². The van der Waals surface area contributed by atoms with Gasteiger partial charge in [0.1, 0.15) is 23.6 Å². The van der Waals surface area contributed by atoms with Crippen molar-refractivity contribution < 1.29 is 17.7 Å². The van der Waals surface area contributed by atoms with Crippen LogP contribution in [0.1, 0.15) is 51.0 Å². The molecule has 0 amide bonds. The van der Waals surface area contributed by atoms with Crippen LogP contribution in [-0.4, -0.2) is 86.8 Å². The second-order valence-corrected chi connectivity index (χ2v) is 12.0. The summed E-state index contributed by atoms with van der Waals surface area (Å²) in [5.41, 5.74) is 1.35. The van der Waals surface area contributed by atoms with Crippen molar-refractivity contribution in [1.82, 2.24) is 39.1 Å². The van der Waals surface area contributed by atoms with E-state index in [0.29, 0.717) is 67.8 Å². The molecular formula is C27H36N8O5S. The van der Waals surface area contributed by atoms with Crippen LogP contribution in [0.5, 0.6) is 5.75 Å². The van der Waals surface area contributed by atoms with Gasteiger partial charge in [-0.15, -0.1) is 0 Å². The summed E-state index contributed by atoms with van der Waals surface area (Å²) >= 11 is 0. The molecular weight excluding hydrogens is 548 g/mol. The van der Waals surface area contributed by atoms with Gasteiger partial charge in [-0.3, -0.25) is 9.48 Å². The van der Waals surface area contributed by atoms with Gasteiger partial charge >= 0.3 is 0 Å². The number of sulfonamides is 1. The van der Waals surface area contributed by atoms with E-state index in [0.717, 1.165) is 25.1 Å². The second-order valence-electron chi connectivity index (χ2n) is 10.0. The third-order valence-electron chi connectivity index (χ3n) is 7.13. The number of piperazine rings is 1. The third-order valence-corrected chi connectivity index (χ3v) is 9.03. The van der Waals surface area contributed by atoms with Crippen molar-refractivity contribution in [3.05, 3.63) is 46.0 Å². The molecule has 0 radical (unpaired) electrons. The van der Waals surface area contributed by atoms with Crippen molar-refractivity contribution in [3.8, 4) is 17.1 Å². The molecule has 0 spiro atoms. The van der Waals surface area contributed by atoms with Gasteiger partial charge in [-0.1, -0.05) is 32.3 Å². The minimum Gasteiger partial charge on any atom is -0.493 e. The first-order valence-electron chi connectivity index (χ1n) is 14.0. The van der Waals surface area contributed by atoms with Crippen molar-refractivity contribution in [2.75, 3.05) is 39.3 Å². The first kappa shape index (κ1) is 28.9. The number of hydrogen-bond donors (Lipinski definition) is 1. The van der Waals surface area contributed by atoms with E-state index in [4.69, 9.17) is 14.2 Å². The Kier molecular flexibility index (Phi) is 8.52. The van der Waals surface area contributed by atoms with Gasteiger partial charge < -0.3 is 19.1 Å². The van der Waals surface area contributed by atoms with Crippen molar-refractivity contribution in [2.24, 2.45) is 0 Å². The zero-order valence-electron chi connectivity index (χ0n) is 23.9. The third kappa shape index (κ3) is 5.90. The number of nitrogens with zero attached hydrogens (tertiary/aromatic N) is 7. The number of H-pyrrole nitrogens is 1. The molecule has 220 valence electrons. The molecule has 1 fully saturated rings. The van der Waals surface area contributed by atoms with E-state index < -0.39 is 15.6 Å². The van der Waals surface area contributed by atoms with Crippen LogP contribution >= 0.6 is 0 Å². The number of aromatic nitrogens is 6. The van der Waals surface area contributed by atoms with Gasteiger partial charge in [-0.25, -0.2) is 13.4 Å². The number of aromatic amines is 1. The summed E-state index contributed by atoms with van der Waals surface area (Å²) in [7, 11) is -3.77. The normalized spacial score (nSPS) is 15.1. The Labute approximate surface area is 238 Å². The molecule has 5 rings (SSSR count). The molecule has 1 N–H and O–H groups in total. The summed E-state index contributed by atoms with van der Waals surface area (Å²) < 4.78 is 41.5. The van der Waals surface area contributed by atoms with Crippen molar-refractivity contribution in [2.45, 2.75) is 58.4 Å². The highest BCUT2D eigenvalue weighted by molar-refractivity contribution is 7.89. The second kappa shape index (κ2) is 12.1. The molecule has 13 nitrogen and oxygen atoms in total. The quantitative estimate of drug-likeness (QED) is 0.278. The van der Waals surface area contributed by atoms with E-state index in [9.17, 15) is 13.2 Å². The molecule has 0 aliphatic carbocycles. The summed E-state index contributed by atoms with van der Waals surface area (Å²) in [5, 5.41) is 8.48.